The maximum Gasteiger partial charge on any atom is 0.328 e. The van der Waals surface area contributed by atoms with Crippen LogP contribution in [-0.4, -0.2) is 71.5 Å². The molecule has 9 heteroatoms. The van der Waals surface area contributed by atoms with Gasteiger partial charge in [-0.1, -0.05) is 19.9 Å². The lowest BCUT2D eigenvalue weighted by molar-refractivity contribution is -0.142. The highest BCUT2D eigenvalue weighted by Crippen LogP contribution is 2.21. The van der Waals surface area contributed by atoms with Gasteiger partial charge in [-0.05, 0) is 69.7 Å². The van der Waals surface area contributed by atoms with Crippen molar-refractivity contribution in [3.63, 3.8) is 0 Å². The number of hydrogen-bond acceptors (Lipinski definition) is 6. The minimum Gasteiger partial charge on any atom is -0.480 e. The first-order valence-corrected chi connectivity index (χ1v) is 12.6. The molecular formula is C25H39N5O4. The van der Waals surface area contributed by atoms with E-state index in [4.69, 9.17) is 4.98 Å². The maximum atomic E-state index is 12.7. The number of carbonyl (C=O) groups excluding carboxylic acids is 2. The van der Waals surface area contributed by atoms with Crippen LogP contribution in [0.5, 0.6) is 0 Å². The summed E-state index contributed by atoms with van der Waals surface area (Å²) >= 11 is 0. The number of pyridine rings is 1. The van der Waals surface area contributed by atoms with E-state index in [1.165, 1.54) is 5.56 Å². The standard InChI is InChI=1S/C25H39N5O4/c1-3-17(2)23(31)29-21(25(33)34)15-27-24(32)19-8-5-13-30(16-19)14-6-9-20-11-10-18-7-4-12-26-22(18)28-20/h10-11,17,19,21H,3-9,12-16H2,1-2H3,(H,26,28)(H,27,32)(H,29,31)(H,33,34)/t17-,19-,21+/m1/s1. The van der Waals surface area contributed by atoms with Gasteiger partial charge in [0, 0.05) is 31.2 Å². The lowest BCUT2D eigenvalue weighted by Gasteiger charge is -2.32. The third-order valence-electron chi connectivity index (χ3n) is 6.89. The zero-order chi connectivity index (χ0) is 24.5. The Morgan fingerprint density at radius 2 is 2.12 bits per heavy atom. The number of carbonyl (C=O) groups is 3. The van der Waals surface area contributed by atoms with Gasteiger partial charge in [-0.15, -0.1) is 0 Å². The summed E-state index contributed by atoms with van der Waals surface area (Å²) in [5.74, 6) is -1.00. The zero-order valence-corrected chi connectivity index (χ0v) is 20.4. The van der Waals surface area contributed by atoms with Gasteiger partial charge < -0.3 is 26.0 Å². The van der Waals surface area contributed by atoms with Gasteiger partial charge in [0.25, 0.3) is 0 Å². The smallest absolute Gasteiger partial charge is 0.328 e. The molecule has 3 heterocycles. The van der Waals surface area contributed by atoms with Crippen LogP contribution in [0.2, 0.25) is 0 Å². The zero-order valence-electron chi connectivity index (χ0n) is 20.4. The molecule has 2 aliphatic rings. The van der Waals surface area contributed by atoms with Crippen LogP contribution in [0.3, 0.4) is 0 Å². The van der Waals surface area contributed by atoms with E-state index in [-0.39, 0.29) is 30.2 Å². The van der Waals surface area contributed by atoms with E-state index in [1.807, 2.05) is 6.92 Å². The first kappa shape index (κ1) is 25.9. The quantitative estimate of drug-likeness (QED) is 0.386. The van der Waals surface area contributed by atoms with Gasteiger partial charge >= 0.3 is 5.97 Å². The molecular weight excluding hydrogens is 434 g/mol. The molecule has 2 amide bonds. The van der Waals surface area contributed by atoms with Crippen molar-refractivity contribution in [3.8, 4) is 0 Å². The molecule has 0 aromatic carbocycles. The Morgan fingerprint density at radius 3 is 2.88 bits per heavy atom. The number of fused-ring (bicyclic) bond motifs is 1. The van der Waals surface area contributed by atoms with Crippen LogP contribution >= 0.6 is 0 Å². The molecule has 34 heavy (non-hydrogen) atoms. The fraction of sp³-hybridized carbons (Fsp3) is 0.680. The van der Waals surface area contributed by atoms with Crippen molar-refractivity contribution in [2.24, 2.45) is 11.8 Å². The van der Waals surface area contributed by atoms with Crippen LogP contribution < -0.4 is 16.0 Å². The molecule has 1 aromatic heterocycles. The molecule has 1 saturated heterocycles. The Hall–Kier alpha value is -2.68. The molecule has 4 N–H and O–H groups in total. The van der Waals surface area contributed by atoms with Gasteiger partial charge in [-0.25, -0.2) is 9.78 Å². The topological polar surface area (TPSA) is 124 Å². The number of amides is 2. The number of aliphatic carboxylic acids is 1. The summed E-state index contributed by atoms with van der Waals surface area (Å²) in [6, 6.07) is 3.18. The number of nitrogens with zero attached hydrogens (tertiary/aromatic N) is 2. The van der Waals surface area contributed by atoms with E-state index < -0.39 is 12.0 Å². The largest absolute Gasteiger partial charge is 0.480 e. The monoisotopic (exact) mass is 473 g/mol. The minimum atomic E-state index is -1.15. The number of nitrogens with one attached hydrogen (secondary N) is 3. The first-order valence-electron chi connectivity index (χ1n) is 12.6. The Morgan fingerprint density at radius 1 is 1.29 bits per heavy atom. The van der Waals surface area contributed by atoms with Crippen LogP contribution in [0.25, 0.3) is 0 Å². The Bertz CT molecular complexity index is 862. The third kappa shape index (κ3) is 7.41. The SMILES string of the molecule is CC[C@@H](C)C(=O)N[C@@H](CNC(=O)[C@@H]1CCCN(CCCc2ccc3c(n2)NCCC3)C1)C(=O)O. The van der Waals surface area contributed by atoms with E-state index in [2.05, 4.69) is 33.0 Å². The van der Waals surface area contributed by atoms with Crippen molar-refractivity contribution in [1.82, 2.24) is 20.5 Å². The summed E-state index contributed by atoms with van der Waals surface area (Å²) in [5, 5.41) is 18.1. The average molecular weight is 474 g/mol. The molecule has 3 rings (SSSR count). The van der Waals surface area contributed by atoms with Crippen molar-refractivity contribution in [3.05, 3.63) is 23.4 Å². The lowest BCUT2D eigenvalue weighted by atomic mass is 9.96. The normalized spacial score (nSPS) is 19.9. The van der Waals surface area contributed by atoms with Crippen LogP contribution in [0.4, 0.5) is 5.82 Å². The van der Waals surface area contributed by atoms with Crippen LogP contribution in [0.15, 0.2) is 12.1 Å². The Labute approximate surface area is 202 Å². The molecule has 0 aliphatic carbocycles. The van der Waals surface area contributed by atoms with Gasteiger partial charge in [0.05, 0.1) is 5.92 Å². The van der Waals surface area contributed by atoms with Gasteiger partial charge in [-0.3, -0.25) is 9.59 Å². The van der Waals surface area contributed by atoms with Gasteiger partial charge in [0.2, 0.25) is 11.8 Å². The highest BCUT2D eigenvalue weighted by atomic mass is 16.4. The van der Waals surface area contributed by atoms with Crippen molar-refractivity contribution < 1.29 is 19.5 Å². The second kappa shape index (κ2) is 12.7. The predicted molar refractivity (Wildman–Crippen MR) is 131 cm³/mol. The molecule has 0 saturated carbocycles. The summed E-state index contributed by atoms with van der Waals surface area (Å²) in [6.45, 7) is 7.04. The fourth-order valence-corrected chi connectivity index (χ4v) is 4.51. The van der Waals surface area contributed by atoms with Crippen molar-refractivity contribution >= 4 is 23.6 Å². The molecule has 1 fully saturated rings. The second-order valence-corrected chi connectivity index (χ2v) is 9.54. The number of carboxylic acids is 1. The van der Waals surface area contributed by atoms with Crippen molar-refractivity contribution in [2.45, 2.75) is 64.8 Å². The molecule has 9 nitrogen and oxygen atoms in total. The molecule has 3 atom stereocenters. The Kier molecular flexibility index (Phi) is 9.68. The molecule has 1 aromatic rings. The highest BCUT2D eigenvalue weighted by Gasteiger charge is 2.28. The van der Waals surface area contributed by atoms with E-state index in [9.17, 15) is 19.5 Å². The minimum absolute atomic E-state index is 0.106. The fourth-order valence-electron chi connectivity index (χ4n) is 4.51. The predicted octanol–water partition coefficient (Wildman–Crippen LogP) is 1.82. The number of likely N-dealkylation sites (tertiary alicyclic amines) is 1. The number of carboxylic acid groups (broad SMARTS) is 1. The van der Waals surface area contributed by atoms with E-state index in [1.54, 1.807) is 6.92 Å². The second-order valence-electron chi connectivity index (χ2n) is 9.54. The summed E-state index contributed by atoms with van der Waals surface area (Å²) < 4.78 is 0. The van der Waals surface area contributed by atoms with Crippen LogP contribution in [-0.2, 0) is 27.2 Å². The number of hydrogen-bond donors (Lipinski definition) is 4. The summed E-state index contributed by atoms with van der Waals surface area (Å²) in [7, 11) is 0. The first-order chi connectivity index (χ1) is 16.4. The maximum absolute atomic E-state index is 12.7. The van der Waals surface area contributed by atoms with Crippen LogP contribution in [0.1, 0.15) is 57.2 Å². The molecule has 0 unspecified atom stereocenters. The van der Waals surface area contributed by atoms with Crippen LogP contribution in [0, 0.1) is 11.8 Å². The van der Waals surface area contributed by atoms with Gasteiger partial charge in [-0.2, -0.15) is 0 Å². The lowest BCUT2D eigenvalue weighted by Crippen LogP contribution is -2.51. The van der Waals surface area contributed by atoms with Gasteiger partial charge in [0.1, 0.15) is 11.9 Å². The van der Waals surface area contributed by atoms with Gasteiger partial charge in [0.15, 0.2) is 0 Å². The third-order valence-corrected chi connectivity index (χ3v) is 6.89. The highest BCUT2D eigenvalue weighted by molar-refractivity contribution is 5.86. The molecule has 0 bridgehead atoms. The summed E-state index contributed by atoms with van der Waals surface area (Å²) in [5.41, 5.74) is 2.39. The van der Waals surface area contributed by atoms with Crippen molar-refractivity contribution in [1.29, 1.82) is 0 Å². The number of piperidine rings is 1. The molecule has 188 valence electrons. The van der Waals surface area contributed by atoms with E-state index in [0.29, 0.717) is 13.0 Å². The summed E-state index contributed by atoms with van der Waals surface area (Å²) in [4.78, 5) is 43.4. The average Bonchev–Trinajstić information content (AvgIpc) is 2.85. The number of anilines is 1. The number of aryl methyl sites for hydroxylation is 2. The summed E-state index contributed by atoms with van der Waals surface area (Å²) in [6.07, 6.45) is 6.47. The van der Waals surface area contributed by atoms with E-state index in [0.717, 1.165) is 69.7 Å². The number of aromatic nitrogens is 1. The number of rotatable bonds is 11. The molecule has 0 spiro atoms. The Balaban J connectivity index is 1.42. The van der Waals surface area contributed by atoms with E-state index >= 15 is 0 Å². The molecule has 2 aliphatic heterocycles. The van der Waals surface area contributed by atoms with Crippen molar-refractivity contribution in [2.75, 3.05) is 38.0 Å². The molecule has 0 radical (unpaired) electrons.